The number of aryl methyl sites for hydroxylation is 1. The molecule has 0 bridgehead atoms. The van der Waals surface area contributed by atoms with Crippen molar-refractivity contribution in [3.05, 3.63) is 70.9 Å². The van der Waals surface area contributed by atoms with Crippen LogP contribution in [0.15, 0.2) is 59.8 Å². The molecule has 9 heteroatoms. The van der Waals surface area contributed by atoms with E-state index in [1.54, 1.807) is 13.2 Å². The number of amides is 2. The lowest BCUT2D eigenvalue weighted by molar-refractivity contribution is -0.140. The molecule has 1 atom stereocenters. The van der Waals surface area contributed by atoms with Crippen LogP contribution >= 0.6 is 12.2 Å². The molecule has 0 aromatic heterocycles. The SMILES string of the molecule is CCc1ccccc1NC(=O)Nc1cccc([C@@H]2NC(=S)N(CC)C(C)=C2C(=O)OCCOC)c1. The van der Waals surface area contributed by atoms with Crippen molar-refractivity contribution in [2.24, 2.45) is 0 Å². The number of benzene rings is 2. The number of carbonyl (C=O) groups is 2. The summed E-state index contributed by atoms with van der Waals surface area (Å²) in [6.07, 6.45) is 0.808. The van der Waals surface area contributed by atoms with E-state index in [2.05, 4.69) is 16.0 Å². The number of hydrogen-bond donors (Lipinski definition) is 3. The van der Waals surface area contributed by atoms with Crippen LogP contribution in [0.4, 0.5) is 16.2 Å². The Balaban J connectivity index is 1.85. The second-order valence-corrected chi connectivity index (χ2v) is 8.36. The lowest BCUT2D eigenvalue weighted by Crippen LogP contribution is -2.47. The standard InChI is InChI=1S/C26H32N4O4S/c1-5-18-10-7-8-13-21(18)28-25(32)27-20-12-9-11-19(16-20)23-22(24(31)34-15-14-33-4)17(3)30(6-2)26(35)29-23/h7-13,16,23H,5-6,14-15H2,1-4H3,(H,29,35)(H2,27,28,32)/t23-/m0/s1. The summed E-state index contributed by atoms with van der Waals surface area (Å²) >= 11 is 5.55. The zero-order chi connectivity index (χ0) is 25.4. The number of carbonyl (C=O) groups excluding carboxylic acids is 2. The Morgan fingerprint density at radius 1 is 1.09 bits per heavy atom. The smallest absolute Gasteiger partial charge is 0.338 e. The van der Waals surface area contributed by atoms with Gasteiger partial charge in [0.25, 0.3) is 0 Å². The molecule has 0 unspecified atom stereocenters. The Morgan fingerprint density at radius 3 is 2.57 bits per heavy atom. The first-order chi connectivity index (χ1) is 16.9. The molecular weight excluding hydrogens is 464 g/mol. The van der Waals surface area contributed by atoms with Crippen molar-refractivity contribution in [3.8, 4) is 0 Å². The number of nitrogens with one attached hydrogen (secondary N) is 3. The number of esters is 1. The highest BCUT2D eigenvalue weighted by molar-refractivity contribution is 7.80. The Labute approximate surface area is 211 Å². The molecule has 1 aliphatic rings. The molecule has 3 N–H and O–H groups in total. The van der Waals surface area contributed by atoms with Crippen molar-refractivity contribution in [3.63, 3.8) is 0 Å². The molecule has 1 aliphatic heterocycles. The fraction of sp³-hybridized carbons (Fsp3) is 0.346. The molecule has 8 nitrogen and oxygen atoms in total. The van der Waals surface area contributed by atoms with Gasteiger partial charge in [0.2, 0.25) is 0 Å². The monoisotopic (exact) mass is 496 g/mol. The molecule has 2 aromatic carbocycles. The van der Waals surface area contributed by atoms with Gasteiger partial charge >= 0.3 is 12.0 Å². The van der Waals surface area contributed by atoms with Crippen LogP contribution in [-0.4, -0.2) is 48.9 Å². The molecule has 35 heavy (non-hydrogen) atoms. The quantitative estimate of drug-likeness (QED) is 0.265. The zero-order valence-corrected chi connectivity index (χ0v) is 21.3. The third kappa shape index (κ3) is 6.37. The number of rotatable bonds is 9. The molecular formula is C26H32N4O4S. The highest BCUT2D eigenvalue weighted by Gasteiger charge is 2.34. The highest BCUT2D eigenvalue weighted by Crippen LogP contribution is 2.32. The van der Waals surface area contributed by atoms with Crippen molar-refractivity contribution in [1.29, 1.82) is 0 Å². The van der Waals surface area contributed by atoms with Crippen LogP contribution < -0.4 is 16.0 Å². The average Bonchev–Trinajstić information content (AvgIpc) is 2.84. The summed E-state index contributed by atoms with van der Waals surface area (Å²) in [5.74, 6) is -0.440. The van der Waals surface area contributed by atoms with Crippen molar-refractivity contribution in [2.75, 3.05) is 37.5 Å². The van der Waals surface area contributed by atoms with Crippen molar-refractivity contribution in [1.82, 2.24) is 10.2 Å². The number of nitrogens with zero attached hydrogens (tertiary/aromatic N) is 1. The largest absolute Gasteiger partial charge is 0.460 e. The van der Waals surface area contributed by atoms with Gasteiger partial charge in [0.15, 0.2) is 5.11 Å². The first kappa shape index (κ1) is 26.2. The van der Waals surface area contributed by atoms with Gasteiger partial charge in [-0.25, -0.2) is 9.59 Å². The zero-order valence-electron chi connectivity index (χ0n) is 20.5. The summed E-state index contributed by atoms with van der Waals surface area (Å²) in [5, 5.41) is 9.57. The molecule has 1 heterocycles. The van der Waals surface area contributed by atoms with Crippen LogP contribution in [0.1, 0.15) is 37.9 Å². The fourth-order valence-electron chi connectivity index (χ4n) is 4.00. The van der Waals surface area contributed by atoms with E-state index >= 15 is 0 Å². The van der Waals surface area contributed by atoms with Gasteiger partial charge in [-0.1, -0.05) is 37.3 Å². The third-order valence-corrected chi connectivity index (χ3v) is 6.12. The molecule has 0 spiro atoms. The molecule has 0 radical (unpaired) electrons. The summed E-state index contributed by atoms with van der Waals surface area (Å²) < 4.78 is 10.4. The molecule has 2 amide bonds. The number of thiocarbonyl (C=S) groups is 1. The van der Waals surface area contributed by atoms with E-state index in [0.29, 0.717) is 29.5 Å². The maximum atomic E-state index is 13.0. The number of ether oxygens (including phenoxy) is 2. The fourth-order valence-corrected chi connectivity index (χ4v) is 4.39. The Morgan fingerprint density at radius 2 is 1.86 bits per heavy atom. The van der Waals surface area contributed by atoms with Gasteiger partial charge in [0.05, 0.1) is 18.2 Å². The van der Waals surface area contributed by atoms with Gasteiger partial charge in [-0.3, -0.25) is 0 Å². The molecule has 0 aliphatic carbocycles. The summed E-state index contributed by atoms with van der Waals surface area (Å²) in [4.78, 5) is 27.6. The van der Waals surface area contributed by atoms with Gasteiger partial charge in [-0.15, -0.1) is 0 Å². The van der Waals surface area contributed by atoms with E-state index in [9.17, 15) is 9.59 Å². The van der Waals surface area contributed by atoms with E-state index in [1.807, 2.05) is 68.1 Å². The van der Waals surface area contributed by atoms with E-state index in [1.165, 1.54) is 0 Å². The van der Waals surface area contributed by atoms with Crippen molar-refractivity contribution >= 4 is 40.7 Å². The lowest BCUT2D eigenvalue weighted by atomic mass is 9.94. The van der Waals surface area contributed by atoms with Crippen LogP contribution in [0, 0.1) is 0 Å². The lowest BCUT2D eigenvalue weighted by Gasteiger charge is -2.37. The van der Waals surface area contributed by atoms with Crippen LogP contribution in [0.2, 0.25) is 0 Å². The average molecular weight is 497 g/mol. The van der Waals surface area contributed by atoms with Gasteiger partial charge in [-0.05, 0) is 61.8 Å². The number of allylic oxidation sites excluding steroid dienone is 1. The van der Waals surface area contributed by atoms with Gasteiger partial charge in [0.1, 0.15) is 6.61 Å². The minimum absolute atomic E-state index is 0.149. The summed E-state index contributed by atoms with van der Waals surface area (Å²) in [5.41, 5.74) is 4.37. The normalized spacial score (nSPS) is 15.5. The number of para-hydroxylation sites is 1. The second-order valence-electron chi connectivity index (χ2n) is 7.97. The van der Waals surface area contributed by atoms with Crippen LogP contribution in [0.25, 0.3) is 0 Å². The van der Waals surface area contributed by atoms with Crippen molar-refractivity contribution < 1.29 is 19.1 Å². The molecule has 0 fully saturated rings. The summed E-state index contributed by atoms with van der Waals surface area (Å²) in [6, 6.07) is 14.1. The molecule has 0 saturated heterocycles. The first-order valence-corrected chi connectivity index (χ1v) is 12.0. The highest BCUT2D eigenvalue weighted by atomic mass is 32.1. The number of anilines is 2. The van der Waals surface area contributed by atoms with Crippen LogP contribution in [0.5, 0.6) is 0 Å². The topological polar surface area (TPSA) is 91.9 Å². The van der Waals surface area contributed by atoms with E-state index in [4.69, 9.17) is 21.7 Å². The van der Waals surface area contributed by atoms with Crippen LogP contribution in [0.3, 0.4) is 0 Å². The Kier molecular flexibility index (Phi) is 9.22. The van der Waals surface area contributed by atoms with Crippen molar-refractivity contribution in [2.45, 2.75) is 33.2 Å². The predicted octanol–water partition coefficient (Wildman–Crippen LogP) is 4.61. The minimum atomic E-state index is -0.522. The minimum Gasteiger partial charge on any atom is -0.460 e. The molecule has 2 aromatic rings. The molecule has 3 rings (SSSR count). The van der Waals surface area contributed by atoms with Gasteiger partial charge in [0, 0.05) is 30.7 Å². The van der Waals surface area contributed by atoms with Crippen LogP contribution in [-0.2, 0) is 20.7 Å². The number of methoxy groups -OCH3 is 1. The maximum Gasteiger partial charge on any atom is 0.338 e. The van der Waals surface area contributed by atoms with E-state index in [0.717, 1.165) is 28.9 Å². The van der Waals surface area contributed by atoms with Gasteiger partial charge < -0.3 is 30.3 Å². The van der Waals surface area contributed by atoms with E-state index < -0.39 is 12.0 Å². The summed E-state index contributed by atoms with van der Waals surface area (Å²) in [7, 11) is 1.55. The predicted molar refractivity (Wildman–Crippen MR) is 141 cm³/mol. The van der Waals surface area contributed by atoms with Gasteiger partial charge in [-0.2, -0.15) is 0 Å². The summed E-state index contributed by atoms with van der Waals surface area (Å²) in [6.45, 7) is 6.93. The Bertz CT molecular complexity index is 1120. The maximum absolute atomic E-state index is 13.0. The first-order valence-electron chi connectivity index (χ1n) is 11.6. The molecule has 186 valence electrons. The molecule has 0 saturated carbocycles. The third-order valence-electron chi connectivity index (χ3n) is 5.78. The number of hydrogen-bond acceptors (Lipinski definition) is 5. The Hall–Kier alpha value is -3.43. The second kappa shape index (κ2) is 12.3. The van der Waals surface area contributed by atoms with E-state index in [-0.39, 0.29) is 12.6 Å². The number of urea groups is 1.